The molecule has 0 spiro atoms. The highest BCUT2D eigenvalue weighted by Crippen LogP contribution is 2.53. The Morgan fingerprint density at radius 2 is 1.78 bits per heavy atom. The number of carboxylic acid groups (broad SMARTS) is 1. The molecule has 0 unspecified atom stereocenters. The second-order valence-corrected chi connectivity index (χ2v) is 5.79. The maximum Gasteiger partial charge on any atom is 0.315 e. The van der Waals surface area contributed by atoms with Gasteiger partial charge in [-0.25, -0.2) is 0 Å². The van der Waals surface area contributed by atoms with Crippen molar-refractivity contribution in [3.05, 3.63) is 34.3 Å². The van der Waals surface area contributed by atoms with Gasteiger partial charge in [-0.2, -0.15) is 0 Å². The Labute approximate surface area is 113 Å². The molecule has 1 aromatic carbocycles. The molecular formula is C13H13BrO4. The minimum Gasteiger partial charge on any atom is -0.481 e. The van der Waals surface area contributed by atoms with Crippen LogP contribution in [0.25, 0.3) is 0 Å². The summed E-state index contributed by atoms with van der Waals surface area (Å²) in [4.78, 5) is 11.7. The van der Waals surface area contributed by atoms with E-state index in [1.165, 1.54) is 0 Å². The van der Waals surface area contributed by atoms with Gasteiger partial charge in [0, 0.05) is 4.47 Å². The summed E-state index contributed by atoms with van der Waals surface area (Å²) >= 11 is 3.51. The van der Waals surface area contributed by atoms with Gasteiger partial charge in [-0.15, -0.1) is 0 Å². The Kier molecular flexibility index (Phi) is 2.73. The number of aliphatic carboxylic acids is 1. The van der Waals surface area contributed by atoms with E-state index in [0.717, 1.165) is 10.0 Å². The van der Waals surface area contributed by atoms with Gasteiger partial charge in [-0.3, -0.25) is 4.79 Å². The van der Waals surface area contributed by atoms with Crippen LogP contribution in [0.4, 0.5) is 0 Å². The highest BCUT2D eigenvalue weighted by Gasteiger charge is 2.66. The summed E-state index contributed by atoms with van der Waals surface area (Å²) in [6.07, 6.45) is 0. The lowest BCUT2D eigenvalue weighted by atomic mass is 9.57. The van der Waals surface area contributed by atoms with Crippen molar-refractivity contribution in [1.82, 2.24) is 0 Å². The first-order valence-corrected chi connectivity index (χ1v) is 6.56. The lowest BCUT2D eigenvalue weighted by molar-refractivity contribution is -0.236. The molecule has 1 N–H and O–H groups in total. The van der Waals surface area contributed by atoms with E-state index in [1.807, 2.05) is 24.3 Å². The molecule has 3 rings (SSSR count). The van der Waals surface area contributed by atoms with Crippen molar-refractivity contribution in [3.63, 3.8) is 0 Å². The van der Waals surface area contributed by atoms with Crippen LogP contribution in [-0.2, 0) is 19.7 Å². The van der Waals surface area contributed by atoms with Crippen molar-refractivity contribution in [2.75, 3.05) is 26.4 Å². The number of halogens is 1. The Morgan fingerprint density at radius 1 is 1.17 bits per heavy atom. The van der Waals surface area contributed by atoms with Crippen molar-refractivity contribution < 1.29 is 19.4 Å². The van der Waals surface area contributed by atoms with E-state index >= 15 is 0 Å². The van der Waals surface area contributed by atoms with Crippen molar-refractivity contribution in [3.8, 4) is 0 Å². The zero-order valence-electron chi connectivity index (χ0n) is 9.69. The van der Waals surface area contributed by atoms with Gasteiger partial charge < -0.3 is 14.6 Å². The van der Waals surface area contributed by atoms with E-state index in [2.05, 4.69) is 15.9 Å². The number of hydrogen-bond acceptors (Lipinski definition) is 3. The number of benzene rings is 1. The van der Waals surface area contributed by atoms with E-state index in [1.54, 1.807) is 0 Å². The molecule has 2 saturated heterocycles. The first-order valence-electron chi connectivity index (χ1n) is 5.76. The van der Waals surface area contributed by atoms with E-state index in [-0.39, 0.29) is 13.2 Å². The van der Waals surface area contributed by atoms with E-state index in [0.29, 0.717) is 13.2 Å². The number of hydrogen-bond donors (Lipinski definition) is 1. The second kappa shape index (κ2) is 4.05. The van der Waals surface area contributed by atoms with Crippen LogP contribution in [0.5, 0.6) is 0 Å². The van der Waals surface area contributed by atoms with Crippen molar-refractivity contribution in [2.24, 2.45) is 5.41 Å². The molecule has 0 radical (unpaired) electrons. The third-order valence-electron chi connectivity index (χ3n) is 4.11. The lowest BCUT2D eigenvalue weighted by Gasteiger charge is -2.57. The summed E-state index contributed by atoms with van der Waals surface area (Å²) < 4.78 is 11.5. The molecule has 1 aromatic rings. The molecular weight excluding hydrogens is 300 g/mol. The van der Waals surface area contributed by atoms with Crippen LogP contribution in [0.3, 0.4) is 0 Å². The number of rotatable bonds is 3. The fourth-order valence-electron chi connectivity index (χ4n) is 2.76. The highest BCUT2D eigenvalue weighted by atomic mass is 79.9. The van der Waals surface area contributed by atoms with Crippen LogP contribution in [0.15, 0.2) is 28.7 Å². The van der Waals surface area contributed by atoms with Gasteiger partial charge in [0.05, 0.1) is 31.8 Å². The number of carbonyl (C=O) groups is 1. The van der Waals surface area contributed by atoms with Crippen LogP contribution in [0.2, 0.25) is 0 Å². The Hall–Kier alpha value is -0.910. The summed E-state index contributed by atoms with van der Waals surface area (Å²) in [6.45, 7) is 1.39. The van der Waals surface area contributed by atoms with Gasteiger partial charge in [-0.1, -0.05) is 34.1 Å². The maximum atomic E-state index is 11.7. The smallest absolute Gasteiger partial charge is 0.315 e. The maximum absolute atomic E-state index is 11.7. The topological polar surface area (TPSA) is 55.8 Å². The Balaban J connectivity index is 2.11. The van der Waals surface area contributed by atoms with E-state index in [4.69, 9.17) is 9.47 Å². The van der Waals surface area contributed by atoms with Crippen molar-refractivity contribution >= 4 is 21.9 Å². The Bertz CT molecular complexity index is 492. The van der Waals surface area contributed by atoms with Crippen LogP contribution >= 0.6 is 15.9 Å². The lowest BCUT2D eigenvalue weighted by Crippen LogP contribution is -2.70. The highest BCUT2D eigenvalue weighted by molar-refractivity contribution is 9.10. The number of carboxylic acids is 1. The molecule has 0 amide bonds. The summed E-state index contributed by atoms with van der Waals surface area (Å²) in [5.74, 6) is -0.798. The zero-order valence-corrected chi connectivity index (χ0v) is 11.3. The molecule has 0 bridgehead atoms. The molecule has 5 heteroatoms. The second-order valence-electron chi connectivity index (χ2n) is 4.93. The SMILES string of the molecule is O=C(O)C1(C2(c3ccccc3Br)COC2)COC1. The summed E-state index contributed by atoms with van der Waals surface area (Å²) in [7, 11) is 0. The third kappa shape index (κ3) is 1.35. The monoisotopic (exact) mass is 312 g/mol. The minimum absolute atomic E-state index is 0.257. The minimum atomic E-state index is -0.852. The summed E-state index contributed by atoms with van der Waals surface area (Å²) in [5.41, 5.74) is -0.325. The normalized spacial score (nSPS) is 23.8. The van der Waals surface area contributed by atoms with E-state index in [9.17, 15) is 9.90 Å². The number of ether oxygens (including phenoxy) is 2. The summed E-state index contributed by atoms with van der Waals surface area (Å²) in [6, 6.07) is 7.75. The fraction of sp³-hybridized carbons (Fsp3) is 0.462. The summed E-state index contributed by atoms with van der Waals surface area (Å²) in [5, 5.41) is 9.59. The molecule has 2 aliphatic heterocycles. The van der Waals surface area contributed by atoms with Gasteiger partial charge in [0.25, 0.3) is 0 Å². The Morgan fingerprint density at radius 3 is 2.17 bits per heavy atom. The predicted molar refractivity (Wildman–Crippen MR) is 67.5 cm³/mol. The average molecular weight is 313 g/mol. The largest absolute Gasteiger partial charge is 0.481 e. The molecule has 96 valence electrons. The van der Waals surface area contributed by atoms with E-state index < -0.39 is 16.8 Å². The average Bonchev–Trinajstić information content (AvgIpc) is 2.21. The molecule has 0 saturated carbocycles. The fourth-order valence-corrected chi connectivity index (χ4v) is 3.42. The molecule has 2 fully saturated rings. The first kappa shape index (κ1) is 12.1. The van der Waals surface area contributed by atoms with Gasteiger partial charge in [0.1, 0.15) is 5.41 Å². The van der Waals surface area contributed by atoms with Gasteiger partial charge in [0.2, 0.25) is 0 Å². The van der Waals surface area contributed by atoms with Crippen LogP contribution in [0, 0.1) is 5.41 Å². The van der Waals surface area contributed by atoms with Crippen molar-refractivity contribution in [1.29, 1.82) is 0 Å². The molecule has 18 heavy (non-hydrogen) atoms. The molecule has 2 aliphatic rings. The van der Waals surface area contributed by atoms with Gasteiger partial charge in [-0.05, 0) is 11.6 Å². The molecule has 4 nitrogen and oxygen atoms in total. The van der Waals surface area contributed by atoms with Crippen LogP contribution in [0.1, 0.15) is 5.56 Å². The molecule has 2 heterocycles. The zero-order chi connectivity index (χ0) is 12.8. The first-order chi connectivity index (χ1) is 8.62. The van der Waals surface area contributed by atoms with Gasteiger partial charge in [0.15, 0.2) is 0 Å². The molecule has 0 aromatic heterocycles. The third-order valence-corrected chi connectivity index (χ3v) is 4.80. The van der Waals surface area contributed by atoms with Gasteiger partial charge >= 0.3 is 5.97 Å². The standard InChI is InChI=1S/C13H13BrO4/c14-10-4-2-1-3-9(10)12(5-17-6-12)13(11(15)16)7-18-8-13/h1-4H,5-8H2,(H,15,16). The predicted octanol–water partition coefficient (Wildman–Crippen LogP) is 1.82. The molecule has 0 aliphatic carbocycles. The van der Waals surface area contributed by atoms with Crippen molar-refractivity contribution in [2.45, 2.75) is 5.41 Å². The quantitative estimate of drug-likeness (QED) is 0.925. The van der Waals surface area contributed by atoms with Crippen LogP contribution < -0.4 is 0 Å². The van der Waals surface area contributed by atoms with Crippen LogP contribution in [-0.4, -0.2) is 37.5 Å². The molecule has 0 atom stereocenters.